The number of anilines is 2. The molecule has 7 aromatic rings. The number of hydrogen-bond donors (Lipinski definition) is 1. The normalized spacial score (nSPS) is 14.5. The molecule has 1 nitrogen and oxygen atoms in total. The summed E-state index contributed by atoms with van der Waals surface area (Å²) in [5.74, 6) is 0. The van der Waals surface area contributed by atoms with Gasteiger partial charge in [0.2, 0.25) is 0 Å². The highest BCUT2D eigenvalue weighted by Gasteiger charge is 2.46. The summed E-state index contributed by atoms with van der Waals surface area (Å²) in [6.45, 7) is 4.66. The van der Waals surface area contributed by atoms with Crippen LogP contribution in [0, 0.1) is 0 Å². The zero-order valence-corrected chi connectivity index (χ0v) is 26.7. The van der Waals surface area contributed by atoms with Crippen molar-refractivity contribution < 1.29 is 0 Å². The van der Waals surface area contributed by atoms with Gasteiger partial charge in [0.05, 0.1) is 5.41 Å². The van der Waals surface area contributed by atoms with Crippen molar-refractivity contribution in [1.29, 1.82) is 0 Å². The summed E-state index contributed by atoms with van der Waals surface area (Å²) in [6, 6.07) is 62.4. The molecule has 0 saturated carbocycles. The highest BCUT2D eigenvalue weighted by Crippen LogP contribution is 2.57. The van der Waals surface area contributed by atoms with Crippen LogP contribution in [0.25, 0.3) is 33.4 Å². The van der Waals surface area contributed by atoms with Crippen LogP contribution in [0.1, 0.15) is 47.2 Å². The molecular formula is C46H35N. The lowest BCUT2D eigenvalue weighted by Gasteiger charge is -2.33. The van der Waals surface area contributed by atoms with Crippen molar-refractivity contribution in [2.45, 2.75) is 24.7 Å². The first kappa shape index (κ1) is 27.6. The standard InChI is InChI=1S/C46H35N/c1-45(2)39-23-11-10-22-37(39)44-42(45)25-14-26-43(44)47-35-20-13-15-31(29-35)32-27-28-41-38(30-32)36-21-9-12-24-40(36)46(41,33-16-5-3-6-17-33)34-18-7-4-8-19-34/h3-30,47H,1-2H3. The van der Waals surface area contributed by atoms with Crippen molar-refractivity contribution in [2.24, 2.45) is 0 Å². The number of nitrogens with one attached hydrogen (secondary N) is 1. The molecule has 0 aromatic heterocycles. The van der Waals surface area contributed by atoms with E-state index in [1.807, 2.05) is 0 Å². The van der Waals surface area contributed by atoms with E-state index in [4.69, 9.17) is 0 Å². The van der Waals surface area contributed by atoms with Gasteiger partial charge in [-0.2, -0.15) is 0 Å². The van der Waals surface area contributed by atoms with E-state index in [0.29, 0.717) is 0 Å². The van der Waals surface area contributed by atoms with Crippen LogP contribution >= 0.6 is 0 Å². The molecule has 47 heavy (non-hydrogen) atoms. The maximum absolute atomic E-state index is 3.82. The largest absolute Gasteiger partial charge is 0.355 e. The minimum atomic E-state index is -0.381. The maximum Gasteiger partial charge on any atom is 0.0713 e. The molecule has 0 spiro atoms. The Kier molecular flexibility index (Phi) is 6.14. The van der Waals surface area contributed by atoms with Gasteiger partial charge in [-0.1, -0.05) is 159 Å². The predicted octanol–water partition coefficient (Wildman–Crippen LogP) is 11.8. The molecule has 1 heteroatoms. The van der Waals surface area contributed by atoms with Gasteiger partial charge in [0, 0.05) is 22.4 Å². The van der Waals surface area contributed by atoms with E-state index >= 15 is 0 Å². The summed E-state index contributed by atoms with van der Waals surface area (Å²) >= 11 is 0. The first-order valence-corrected chi connectivity index (χ1v) is 16.5. The van der Waals surface area contributed by atoms with E-state index in [-0.39, 0.29) is 10.8 Å². The van der Waals surface area contributed by atoms with Crippen LogP contribution in [0.5, 0.6) is 0 Å². The molecule has 7 aromatic carbocycles. The lowest BCUT2D eigenvalue weighted by atomic mass is 9.67. The minimum Gasteiger partial charge on any atom is -0.355 e. The third-order valence-electron chi connectivity index (χ3n) is 10.5. The van der Waals surface area contributed by atoms with Gasteiger partial charge in [-0.3, -0.25) is 0 Å². The SMILES string of the molecule is CC1(C)c2ccccc2-c2c(Nc3cccc(-c4ccc5c(c4)-c4ccccc4C5(c4ccccc4)c4ccccc4)c3)cccc21. The number of hydrogen-bond acceptors (Lipinski definition) is 1. The quantitative estimate of drug-likeness (QED) is 0.207. The predicted molar refractivity (Wildman–Crippen MR) is 196 cm³/mol. The van der Waals surface area contributed by atoms with Gasteiger partial charge < -0.3 is 5.32 Å². The second-order valence-corrected chi connectivity index (χ2v) is 13.4. The summed E-state index contributed by atoms with van der Waals surface area (Å²) < 4.78 is 0. The summed E-state index contributed by atoms with van der Waals surface area (Å²) in [7, 11) is 0. The summed E-state index contributed by atoms with van der Waals surface area (Å²) in [4.78, 5) is 0. The van der Waals surface area contributed by atoms with Crippen molar-refractivity contribution >= 4 is 11.4 Å². The smallest absolute Gasteiger partial charge is 0.0713 e. The molecule has 0 atom stereocenters. The van der Waals surface area contributed by atoms with Gasteiger partial charge in [-0.15, -0.1) is 0 Å². The fourth-order valence-electron chi connectivity index (χ4n) is 8.42. The molecule has 0 unspecified atom stereocenters. The Labute approximate surface area is 277 Å². The van der Waals surface area contributed by atoms with Crippen molar-refractivity contribution in [3.63, 3.8) is 0 Å². The van der Waals surface area contributed by atoms with Crippen molar-refractivity contribution in [3.8, 4) is 33.4 Å². The van der Waals surface area contributed by atoms with Crippen LogP contribution in [-0.4, -0.2) is 0 Å². The second-order valence-electron chi connectivity index (χ2n) is 13.4. The van der Waals surface area contributed by atoms with Crippen LogP contribution in [-0.2, 0) is 10.8 Å². The maximum atomic E-state index is 3.82. The lowest BCUT2D eigenvalue weighted by molar-refractivity contribution is 0.660. The summed E-state index contributed by atoms with van der Waals surface area (Å²) in [6.07, 6.45) is 0. The van der Waals surface area contributed by atoms with E-state index < -0.39 is 0 Å². The number of fused-ring (bicyclic) bond motifs is 6. The lowest BCUT2D eigenvalue weighted by Crippen LogP contribution is -2.28. The van der Waals surface area contributed by atoms with E-state index in [2.05, 4.69) is 189 Å². The van der Waals surface area contributed by atoms with Crippen molar-refractivity contribution in [2.75, 3.05) is 5.32 Å². The molecule has 1 N–H and O–H groups in total. The molecule has 2 aliphatic rings. The Morgan fingerprint density at radius 3 is 1.72 bits per heavy atom. The molecule has 0 heterocycles. The molecule has 2 aliphatic carbocycles. The van der Waals surface area contributed by atoms with Crippen LogP contribution in [0.4, 0.5) is 11.4 Å². The van der Waals surface area contributed by atoms with Crippen LogP contribution in [0.15, 0.2) is 170 Å². The number of benzene rings is 7. The van der Waals surface area contributed by atoms with Gasteiger partial charge in [0.25, 0.3) is 0 Å². The Morgan fingerprint density at radius 2 is 0.979 bits per heavy atom. The zero-order valence-electron chi connectivity index (χ0n) is 26.7. The van der Waals surface area contributed by atoms with Gasteiger partial charge in [0.1, 0.15) is 0 Å². The van der Waals surface area contributed by atoms with Gasteiger partial charge in [-0.25, -0.2) is 0 Å². The van der Waals surface area contributed by atoms with Gasteiger partial charge in [0.15, 0.2) is 0 Å². The van der Waals surface area contributed by atoms with Crippen LogP contribution in [0.3, 0.4) is 0 Å². The molecule has 9 rings (SSSR count). The fourth-order valence-corrected chi connectivity index (χ4v) is 8.42. The summed E-state index contributed by atoms with van der Waals surface area (Å²) in [5.41, 5.74) is 17.5. The third-order valence-corrected chi connectivity index (χ3v) is 10.5. The molecule has 0 amide bonds. The van der Waals surface area contributed by atoms with Crippen molar-refractivity contribution in [1.82, 2.24) is 0 Å². The van der Waals surface area contributed by atoms with E-state index in [0.717, 1.165) is 11.4 Å². The molecule has 0 aliphatic heterocycles. The van der Waals surface area contributed by atoms with Gasteiger partial charge in [-0.05, 0) is 85.5 Å². The van der Waals surface area contributed by atoms with E-state index in [1.165, 1.54) is 66.8 Å². The summed E-state index contributed by atoms with van der Waals surface area (Å²) in [5, 5.41) is 3.82. The third kappa shape index (κ3) is 4.03. The Hall–Kier alpha value is -5.66. The monoisotopic (exact) mass is 601 g/mol. The van der Waals surface area contributed by atoms with Gasteiger partial charge >= 0.3 is 0 Å². The number of rotatable bonds is 5. The first-order chi connectivity index (χ1) is 23.1. The highest BCUT2D eigenvalue weighted by molar-refractivity contribution is 5.92. The topological polar surface area (TPSA) is 12.0 Å². The molecule has 224 valence electrons. The minimum absolute atomic E-state index is 0.0269. The van der Waals surface area contributed by atoms with Crippen LogP contribution < -0.4 is 5.32 Å². The highest BCUT2D eigenvalue weighted by atomic mass is 14.9. The molecular weight excluding hydrogens is 567 g/mol. The second kappa shape index (κ2) is 10.4. The fraction of sp³-hybridized carbons (Fsp3) is 0.0870. The van der Waals surface area contributed by atoms with E-state index in [9.17, 15) is 0 Å². The molecule has 0 fully saturated rings. The average Bonchev–Trinajstić information content (AvgIpc) is 3.56. The Balaban J connectivity index is 1.16. The first-order valence-electron chi connectivity index (χ1n) is 16.5. The Bertz CT molecular complexity index is 2260. The average molecular weight is 602 g/mol. The molecule has 0 bridgehead atoms. The Morgan fingerprint density at radius 1 is 0.404 bits per heavy atom. The zero-order chi connectivity index (χ0) is 31.6. The molecule has 0 saturated heterocycles. The molecule has 0 radical (unpaired) electrons. The van der Waals surface area contributed by atoms with Crippen LogP contribution in [0.2, 0.25) is 0 Å². The van der Waals surface area contributed by atoms with Crippen molar-refractivity contribution in [3.05, 3.63) is 203 Å². The van der Waals surface area contributed by atoms with E-state index in [1.54, 1.807) is 0 Å².